The fourth-order valence-corrected chi connectivity index (χ4v) is 2.63. The molecule has 0 aliphatic carbocycles. The van der Waals surface area contributed by atoms with E-state index in [1.54, 1.807) is 11.3 Å². The summed E-state index contributed by atoms with van der Waals surface area (Å²) in [6, 6.07) is 7.83. The largest absolute Gasteiger partial charge is 0.330 e. The third-order valence-electron chi connectivity index (χ3n) is 2.40. The molecule has 0 spiro atoms. The molecule has 0 saturated carbocycles. The predicted octanol–water partition coefficient (Wildman–Crippen LogP) is 2.67. The smallest absolute Gasteiger partial charge is 0.121 e. The quantitative estimate of drug-likeness (QED) is 0.906. The van der Waals surface area contributed by atoms with Gasteiger partial charge in [-0.3, -0.25) is 0 Å². The predicted molar refractivity (Wildman–Crippen MR) is 71.5 cm³/mol. The summed E-state index contributed by atoms with van der Waals surface area (Å²) in [5.74, 6) is 0. The van der Waals surface area contributed by atoms with Gasteiger partial charge in [0.05, 0.1) is 0 Å². The Balaban J connectivity index is 2.04. The van der Waals surface area contributed by atoms with Gasteiger partial charge in [-0.25, -0.2) is 0 Å². The number of nitrogens with two attached hydrogens (primary N) is 1. The third kappa shape index (κ3) is 3.49. The van der Waals surface area contributed by atoms with E-state index in [1.165, 1.54) is 0 Å². The van der Waals surface area contributed by atoms with Crippen LogP contribution in [-0.2, 0) is 12.8 Å². The molecule has 3 nitrogen and oxygen atoms in total. The molecule has 1 heterocycles. The Hall–Kier alpha value is -0.970. The Morgan fingerprint density at radius 2 is 1.94 bits per heavy atom. The van der Waals surface area contributed by atoms with Crippen LogP contribution in [0.3, 0.4) is 0 Å². The van der Waals surface area contributed by atoms with Gasteiger partial charge in [0.25, 0.3) is 0 Å². The lowest BCUT2D eigenvalue weighted by molar-refractivity contribution is 0.809. The van der Waals surface area contributed by atoms with E-state index in [4.69, 9.17) is 17.3 Å². The SMILES string of the molecule is NCCCc1nnc(Cc2ccccc2Cl)s1. The molecule has 1 aromatic heterocycles. The minimum absolute atomic E-state index is 0.694. The molecular formula is C12H14ClN3S. The van der Waals surface area contributed by atoms with Crippen molar-refractivity contribution < 1.29 is 0 Å². The van der Waals surface area contributed by atoms with Crippen LogP contribution >= 0.6 is 22.9 Å². The third-order valence-corrected chi connectivity index (χ3v) is 3.75. The maximum Gasteiger partial charge on any atom is 0.121 e. The molecule has 0 radical (unpaired) electrons. The molecule has 0 amide bonds. The van der Waals surface area contributed by atoms with Gasteiger partial charge >= 0.3 is 0 Å². The highest BCUT2D eigenvalue weighted by Crippen LogP contribution is 2.21. The molecule has 2 aromatic rings. The van der Waals surface area contributed by atoms with Crippen LogP contribution in [0.4, 0.5) is 0 Å². The second-order valence-electron chi connectivity index (χ2n) is 3.75. The van der Waals surface area contributed by atoms with Gasteiger partial charge in [-0.05, 0) is 24.6 Å². The molecule has 1 aromatic carbocycles. The van der Waals surface area contributed by atoms with E-state index in [9.17, 15) is 0 Å². The maximum absolute atomic E-state index is 6.10. The fraction of sp³-hybridized carbons (Fsp3) is 0.333. The lowest BCUT2D eigenvalue weighted by Gasteiger charge is -1.99. The molecule has 90 valence electrons. The Labute approximate surface area is 110 Å². The second-order valence-corrected chi connectivity index (χ2v) is 5.30. The molecule has 2 N–H and O–H groups in total. The summed E-state index contributed by atoms with van der Waals surface area (Å²) >= 11 is 7.74. The minimum Gasteiger partial charge on any atom is -0.330 e. The van der Waals surface area contributed by atoms with Gasteiger partial charge in [-0.2, -0.15) is 0 Å². The number of aryl methyl sites for hydroxylation is 1. The Morgan fingerprint density at radius 3 is 2.71 bits per heavy atom. The number of halogens is 1. The zero-order chi connectivity index (χ0) is 12.1. The van der Waals surface area contributed by atoms with Gasteiger partial charge in [0.2, 0.25) is 0 Å². The summed E-state index contributed by atoms with van der Waals surface area (Å²) in [4.78, 5) is 0. The van der Waals surface area contributed by atoms with Crippen molar-refractivity contribution in [3.63, 3.8) is 0 Å². The topological polar surface area (TPSA) is 51.8 Å². The Kier molecular flexibility index (Phi) is 4.48. The average Bonchev–Trinajstić information content (AvgIpc) is 2.77. The number of hydrogen-bond acceptors (Lipinski definition) is 4. The van der Waals surface area contributed by atoms with Crippen molar-refractivity contribution >= 4 is 22.9 Å². The van der Waals surface area contributed by atoms with Crippen molar-refractivity contribution in [1.29, 1.82) is 0 Å². The molecule has 0 unspecified atom stereocenters. The first-order chi connectivity index (χ1) is 8.29. The molecule has 0 aliphatic rings. The molecule has 0 bridgehead atoms. The number of aromatic nitrogens is 2. The number of hydrogen-bond donors (Lipinski definition) is 1. The van der Waals surface area contributed by atoms with Crippen LogP contribution in [0.1, 0.15) is 22.0 Å². The molecule has 0 atom stereocenters. The Morgan fingerprint density at radius 1 is 1.18 bits per heavy atom. The van der Waals surface area contributed by atoms with Gasteiger partial charge in [-0.1, -0.05) is 29.8 Å². The first-order valence-corrected chi connectivity index (χ1v) is 6.74. The second kappa shape index (κ2) is 6.10. The summed E-state index contributed by atoms with van der Waals surface area (Å²) in [6.07, 6.45) is 2.62. The highest BCUT2D eigenvalue weighted by molar-refractivity contribution is 7.11. The van der Waals surface area contributed by atoms with Gasteiger partial charge < -0.3 is 5.73 Å². The van der Waals surface area contributed by atoms with Gasteiger partial charge in [0, 0.05) is 17.9 Å². The standard InChI is InChI=1S/C12H14ClN3S/c13-10-5-2-1-4-9(10)8-12-16-15-11(17-12)6-3-7-14/h1-2,4-5H,3,6-8,14H2. The maximum atomic E-state index is 6.10. The zero-order valence-corrected chi connectivity index (χ0v) is 11.0. The van der Waals surface area contributed by atoms with E-state index < -0.39 is 0 Å². The van der Waals surface area contributed by atoms with E-state index in [1.807, 2.05) is 24.3 Å². The van der Waals surface area contributed by atoms with Crippen LogP contribution in [0.25, 0.3) is 0 Å². The Bertz CT molecular complexity index is 484. The van der Waals surface area contributed by atoms with Crippen molar-refractivity contribution in [3.8, 4) is 0 Å². The number of benzene rings is 1. The first-order valence-electron chi connectivity index (χ1n) is 5.54. The lowest BCUT2D eigenvalue weighted by Crippen LogP contribution is -1.99. The van der Waals surface area contributed by atoms with E-state index >= 15 is 0 Å². The minimum atomic E-state index is 0.694. The molecule has 17 heavy (non-hydrogen) atoms. The van der Waals surface area contributed by atoms with E-state index in [0.29, 0.717) is 6.54 Å². The van der Waals surface area contributed by atoms with Crippen LogP contribution in [0, 0.1) is 0 Å². The molecule has 5 heteroatoms. The lowest BCUT2D eigenvalue weighted by atomic mass is 10.2. The highest BCUT2D eigenvalue weighted by atomic mass is 35.5. The van der Waals surface area contributed by atoms with Crippen LogP contribution < -0.4 is 5.73 Å². The van der Waals surface area contributed by atoms with Crippen LogP contribution in [0.2, 0.25) is 5.02 Å². The molecule has 0 fully saturated rings. The van der Waals surface area contributed by atoms with Crippen molar-refractivity contribution in [2.45, 2.75) is 19.3 Å². The fourth-order valence-electron chi connectivity index (χ4n) is 1.52. The number of nitrogens with zero attached hydrogens (tertiary/aromatic N) is 2. The zero-order valence-electron chi connectivity index (χ0n) is 9.40. The molecular weight excluding hydrogens is 254 g/mol. The van der Waals surface area contributed by atoms with E-state index in [-0.39, 0.29) is 0 Å². The summed E-state index contributed by atoms with van der Waals surface area (Å²) < 4.78 is 0. The first kappa shape index (κ1) is 12.5. The summed E-state index contributed by atoms with van der Waals surface area (Å²) in [7, 11) is 0. The monoisotopic (exact) mass is 267 g/mol. The van der Waals surface area contributed by atoms with Crippen LogP contribution in [0.5, 0.6) is 0 Å². The molecule has 2 rings (SSSR count). The van der Waals surface area contributed by atoms with Gasteiger partial charge in [0.1, 0.15) is 10.0 Å². The summed E-state index contributed by atoms with van der Waals surface area (Å²) in [6.45, 7) is 0.694. The number of rotatable bonds is 5. The van der Waals surface area contributed by atoms with Gasteiger partial charge in [-0.15, -0.1) is 21.5 Å². The summed E-state index contributed by atoms with van der Waals surface area (Å²) in [5.41, 5.74) is 6.56. The van der Waals surface area contributed by atoms with Crippen LogP contribution in [0.15, 0.2) is 24.3 Å². The van der Waals surface area contributed by atoms with Crippen molar-refractivity contribution in [3.05, 3.63) is 44.9 Å². The highest BCUT2D eigenvalue weighted by Gasteiger charge is 2.06. The van der Waals surface area contributed by atoms with Crippen molar-refractivity contribution in [1.82, 2.24) is 10.2 Å². The van der Waals surface area contributed by atoms with E-state index in [2.05, 4.69) is 10.2 Å². The molecule has 0 aliphatic heterocycles. The summed E-state index contributed by atoms with van der Waals surface area (Å²) in [5, 5.41) is 11.2. The normalized spacial score (nSPS) is 10.7. The van der Waals surface area contributed by atoms with E-state index in [0.717, 1.165) is 39.9 Å². The van der Waals surface area contributed by atoms with Gasteiger partial charge in [0.15, 0.2) is 0 Å². The van der Waals surface area contributed by atoms with Crippen LogP contribution in [-0.4, -0.2) is 16.7 Å². The molecule has 0 saturated heterocycles. The van der Waals surface area contributed by atoms with Crippen molar-refractivity contribution in [2.75, 3.05) is 6.54 Å². The average molecular weight is 268 g/mol. The van der Waals surface area contributed by atoms with Crippen molar-refractivity contribution in [2.24, 2.45) is 5.73 Å².